The molecule has 0 radical (unpaired) electrons. The number of likely N-dealkylation sites (tertiary alicyclic amines) is 1. The highest BCUT2D eigenvalue weighted by atomic mass is 16.6. The van der Waals surface area contributed by atoms with Crippen molar-refractivity contribution in [2.75, 3.05) is 13.7 Å². The number of hydrogen-bond acceptors (Lipinski definition) is 6. The van der Waals surface area contributed by atoms with Crippen LogP contribution in [0.3, 0.4) is 0 Å². The van der Waals surface area contributed by atoms with Gasteiger partial charge in [-0.05, 0) is 51.0 Å². The van der Waals surface area contributed by atoms with Crippen LogP contribution in [-0.2, 0) is 16.1 Å². The van der Waals surface area contributed by atoms with Crippen molar-refractivity contribution in [3.8, 4) is 11.5 Å². The average Bonchev–Trinajstić information content (AvgIpc) is 3.35. The molecule has 4 rings (SSSR count). The van der Waals surface area contributed by atoms with Crippen LogP contribution < -0.4 is 9.47 Å². The van der Waals surface area contributed by atoms with Crippen LogP contribution in [0, 0.1) is 0 Å². The second-order valence-corrected chi connectivity index (χ2v) is 8.68. The number of H-pyrrole nitrogens is 1. The van der Waals surface area contributed by atoms with E-state index >= 15 is 0 Å². The Morgan fingerprint density at radius 3 is 2.62 bits per heavy atom. The van der Waals surface area contributed by atoms with Gasteiger partial charge in [0.05, 0.1) is 18.5 Å². The van der Waals surface area contributed by atoms with E-state index in [1.807, 2.05) is 36.4 Å². The molecule has 1 aromatic heterocycles. The maximum absolute atomic E-state index is 13.1. The summed E-state index contributed by atoms with van der Waals surface area (Å²) >= 11 is 0. The molecule has 1 aliphatic rings. The number of para-hydroxylation sites is 1. The number of aromatic nitrogens is 2. The summed E-state index contributed by atoms with van der Waals surface area (Å²) in [6.45, 7) is 5.88. The Bertz CT molecular complexity index is 1130. The highest BCUT2D eigenvalue weighted by Gasteiger charge is 2.39. The second-order valence-electron chi connectivity index (χ2n) is 8.68. The SMILES string of the molecule is COc1ccc(C2CCN(C(=O)OC(C)(C)C)C2=O)c2nc(COc3ccccc3)[nH]c12. The number of fused-ring (bicyclic) bond motifs is 1. The van der Waals surface area contributed by atoms with Gasteiger partial charge in [-0.1, -0.05) is 24.3 Å². The number of amides is 2. The van der Waals surface area contributed by atoms with Crippen LogP contribution in [0.1, 0.15) is 44.5 Å². The molecule has 1 N–H and O–H groups in total. The van der Waals surface area contributed by atoms with E-state index in [4.69, 9.17) is 19.2 Å². The van der Waals surface area contributed by atoms with Crippen LogP contribution >= 0.6 is 0 Å². The van der Waals surface area contributed by atoms with Gasteiger partial charge >= 0.3 is 6.09 Å². The predicted molar refractivity (Wildman–Crippen MR) is 119 cm³/mol. The van der Waals surface area contributed by atoms with Crippen LogP contribution in [0.15, 0.2) is 42.5 Å². The summed E-state index contributed by atoms with van der Waals surface area (Å²) < 4.78 is 16.7. The summed E-state index contributed by atoms with van der Waals surface area (Å²) in [5.74, 6) is 1.21. The fourth-order valence-corrected chi connectivity index (χ4v) is 3.79. The minimum atomic E-state index is -0.668. The normalized spacial score (nSPS) is 16.4. The molecule has 168 valence electrons. The Hall–Kier alpha value is -3.55. The molecule has 2 amide bonds. The molecule has 2 heterocycles. The van der Waals surface area contributed by atoms with Crippen molar-refractivity contribution in [3.05, 3.63) is 53.9 Å². The van der Waals surface area contributed by atoms with E-state index in [1.54, 1.807) is 33.9 Å². The van der Waals surface area contributed by atoms with Gasteiger partial charge in [-0.3, -0.25) is 4.79 Å². The summed E-state index contributed by atoms with van der Waals surface area (Å²) in [6, 6.07) is 13.1. The van der Waals surface area contributed by atoms with E-state index in [1.165, 1.54) is 4.90 Å². The Morgan fingerprint density at radius 1 is 1.19 bits per heavy atom. The van der Waals surface area contributed by atoms with Gasteiger partial charge < -0.3 is 19.2 Å². The van der Waals surface area contributed by atoms with Gasteiger partial charge in [0.1, 0.15) is 35.0 Å². The first-order chi connectivity index (χ1) is 15.3. The molecule has 1 aliphatic heterocycles. The number of imidazole rings is 1. The minimum absolute atomic E-state index is 0.240. The van der Waals surface area contributed by atoms with E-state index in [0.29, 0.717) is 35.6 Å². The maximum atomic E-state index is 13.1. The minimum Gasteiger partial charge on any atom is -0.494 e. The fourth-order valence-electron chi connectivity index (χ4n) is 3.79. The molecule has 1 atom stereocenters. The number of aromatic amines is 1. The fraction of sp³-hybridized carbons (Fsp3) is 0.375. The van der Waals surface area contributed by atoms with E-state index in [0.717, 1.165) is 11.3 Å². The van der Waals surface area contributed by atoms with Gasteiger partial charge in [0.15, 0.2) is 0 Å². The van der Waals surface area contributed by atoms with Crippen molar-refractivity contribution in [2.45, 2.75) is 45.3 Å². The van der Waals surface area contributed by atoms with Crippen molar-refractivity contribution < 1.29 is 23.8 Å². The first kappa shape index (κ1) is 21.7. The van der Waals surface area contributed by atoms with Crippen LogP contribution in [0.2, 0.25) is 0 Å². The van der Waals surface area contributed by atoms with Crippen molar-refractivity contribution >= 4 is 23.0 Å². The average molecular weight is 437 g/mol. The molecule has 8 nitrogen and oxygen atoms in total. The van der Waals surface area contributed by atoms with E-state index in [-0.39, 0.29) is 12.5 Å². The molecule has 1 unspecified atom stereocenters. The highest BCUT2D eigenvalue weighted by Crippen LogP contribution is 2.36. The van der Waals surface area contributed by atoms with Gasteiger partial charge in [-0.2, -0.15) is 0 Å². The maximum Gasteiger partial charge on any atom is 0.417 e. The third kappa shape index (κ3) is 4.39. The number of nitrogens with one attached hydrogen (secondary N) is 1. The van der Waals surface area contributed by atoms with Gasteiger partial charge in [0.2, 0.25) is 5.91 Å². The smallest absolute Gasteiger partial charge is 0.417 e. The molecule has 0 saturated carbocycles. The van der Waals surface area contributed by atoms with Gasteiger partial charge in [0, 0.05) is 6.54 Å². The number of carbonyl (C=O) groups is 2. The lowest BCUT2D eigenvalue weighted by molar-refractivity contribution is -0.128. The Labute approximate surface area is 186 Å². The van der Waals surface area contributed by atoms with E-state index in [9.17, 15) is 9.59 Å². The van der Waals surface area contributed by atoms with Crippen LogP contribution in [0.5, 0.6) is 11.5 Å². The van der Waals surface area contributed by atoms with E-state index < -0.39 is 17.6 Å². The Kier molecular flexibility index (Phi) is 5.78. The standard InChI is InChI=1S/C24H27N3O5/c1-24(2,3)32-23(29)27-13-12-17(22(27)28)16-10-11-18(30-4)21-20(16)25-19(26-21)14-31-15-8-6-5-7-9-15/h5-11,17H,12-14H2,1-4H3,(H,25,26). The van der Waals surface area contributed by atoms with Crippen LogP contribution in [-0.4, -0.2) is 46.1 Å². The quantitative estimate of drug-likeness (QED) is 0.636. The molecular formula is C24H27N3O5. The Morgan fingerprint density at radius 2 is 1.94 bits per heavy atom. The van der Waals surface area contributed by atoms with Crippen LogP contribution in [0.25, 0.3) is 11.0 Å². The predicted octanol–water partition coefficient (Wildman–Crippen LogP) is 4.40. The molecule has 3 aromatic rings. The first-order valence-corrected chi connectivity index (χ1v) is 10.5. The molecule has 0 spiro atoms. The number of ether oxygens (including phenoxy) is 3. The Balaban J connectivity index is 1.61. The molecule has 1 fully saturated rings. The van der Waals surface area contributed by atoms with Crippen LogP contribution in [0.4, 0.5) is 4.79 Å². The number of rotatable bonds is 5. The largest absolute Gasteiger partial charge is 0.494 e. The molecule has 0 bridgehead atoms. The molecule has 2 aromatic carbocycles. The van der Waals surface area contributed by atoms with E-state index in [2.05, 4.69) is 4.98 Å². The topological polar surface area (TPSA) is 93.8 Å². The zero-order chi connectivity index (χ0) is 22.9. The second kappa shape index (κ2) is 8.53. The monoisotopic (exact) mass is 437 g/mol. The lowest BCUT2D eigenvalue weighted by atomic mass is 9.96. The van der Waals surface area contributed by atoms with Gasteiger partial charge in [0.25, 0.3) is 0 Å². The lowest BCUT2D eigenvalue weighted by Crippen LogP contribution is -2.38. The third-order valence-electron chi connectivity index (χ3n) is 5.22. The summed E-state index contributed by atoms with van der Waals surface area (Å²) in [7, 11) is 1.58. The summed E-state index contributed by atoms with van der Waals surface area (Å²) in [5.41, 5.74) is 1.42. The molecule has 8 heteroatoms. The number of nitrogens with zero attached hydrogens (tertiary/aromatic N) is 2. The molecular weight excluding hydrogens is 410 g/mol. The van der Waals surface area contributed by atoms with Gasteiger partial charge in [-0.25, -0.2) is 14.7 Å². The van der Waals surface area contributed by atoms with Crippen molar-refractivity contribution in [3.63, 3.8) is 0 Å². The molecule has 32 heavy (non-hydrogen) atoms. The summed E-state index contributed by atoms with van der Waals surface area (Å²) in [5, 5.41) is 0. The number of carbonyl (C=O) groups excluding carboxylic acids is 2. The number of hydrogen-bond donors (Lipinski definition) is 1. The number of benzene rings is 2. The third-order valence-corrected chi connectivity index (χ3v) is 5.22. The van der Waals surface area contributed by atoms with Gasteiger partial charge in [-0.15, -0.1) is 0 Å². The zero-order valence-electron chi connectivity index (χ0n) is 18.7. The summed E-state index contributed by atoms with van der Waals surface area (Å²) in [4.78, 5) is 34.7. The number of methoxy groups -OCH3 is 1. The van der Waals surface area contributed by atoms with Crippen molar-refractivity contribution in [1.82, 2.24) is 14.9 Å². The molecule has 0 aliphatic carbocycles. The summed E-state index contributed by atoms with van der Waals surface area (Å²) in [6.07, 6.45) is -0.115. The number of imide groups is 1. The van der Waals surface area contributed by atoms with Crippen molar-refractivity contribution in [1.29, 1.82) is 0 Å². The molecule has 1 saturated heterocycles. The first-order valence-electron chi connectivity index (χ1n) is 10.5. The van der Waals surface area contributed by atoms with Crippen molar-refractivity contribution in [2.24, 2.45) is 0 Å². The zero-order valence-corrected chi connectivity index (χ0v) is 18.7. The highest BCUT2D eigenvalue weighted by molar-refractivity contribution is 6.00. The lowest BCUT2D eigenvalue weighted by Gasteiger charge is -2.23.